The van der Waals surface area contributed by atoms with Crippen molar-refractivity contribution >= 4 is 0 Å². The summed E-state index contributed by atoms with van der Waals surface area (Å²) < 4.78 is 20.3. The lowest BCUT2D eigenvalue weighted by Gasteiger charge is -2.53. The lowest BCUT2D eigenvalue weighted by atomic mass is 9.66. The van der Waals surface area contributed by atoms with E-state index in [1.165, 1.54) is 6.07 Å². The molecule has 150 valence electrons. The summed E-state index contributed by atoms with van der Waals surface area (Å²) >= 11 is 0. The van der Waals surface area contributed by atoms with Gasteiger partial charge >= 0.3 is 0 Å². The molecule has 2 aliphatic rings. The van der Waals surface area contributed by atoms with Crippen molar-refractivity contribution in [2.45, 2.75) is 57.2 Å². The van der Waals surface area contributed by atoms with Crippen molar-refractivity contribution in [3.05, 3.63) is 65.5 Å². The van der Waals surface area contributed by atoms with E-state index in [0.717, 1.165) is 50.0 Å². The molecule has 1 aliphatic heterocycles. The largest absolute Gasteiger partial charge is 0.494 e. The van der Waals surface area contributed by atoms with E-state index in [2.05, 4.69) is 11.0 Å². The average molecular weight is 384 g/mol. The van der Waals surface area contributed by atoms with Crippen LogP contribution in [0.25, 0.3) is 0 Å². The minimum atomic E-state index is -0.631. The van der Waals surface area contributed by atoms with Gasteiger partial charge in [-0.25, -0.2) is 4.39 Å². The van der Waals surface area contributed by atoms with Crippen molar-refractivity contribution in [1.82, 2.24) is 4.90 Å². The van der Waals surface area contributed by atoms with Gasteiger partial charge in [-0.2, -0.15) is 0 Å². The Hall–Kier alpha value is -1.91. The molecular weight excluding hydrogens is 353 g/mol. The summed E-state index contributed by atoms with van der Waals surface area (Å²) in [6.45, 7) is 3.90. The molecule has 4 heteroatoms. The van der Waals surface area contributed by atoms with Gasteiger partial charge in [0, 0.05) is 36.2 Å². The first kappa shape index (κ1) is 19.4. The highest BCUT2D eigenvalue weighted by atomic mass is 19.1. The normalized spacial score (nSPS) is 28.0. The molecule has 28 heavy (non-hydrogen) atoms. The third kappa shape index (κ3) is 3.68. The molecule has 0 radical (unpaired) electrons. The van der Waals surface area contributed by atoms with Crippen LogP contribution in [0.5, 0.6) is 5.75 Å². The highest BCUT2D eigenvalue weighted by molar-refractivity contribution is 5.38. The van der Waals surface area contributed by atoms with Crippen molar-refractivity contribution in [1.29, 1.82) is 0 Å². The summed E-state index contributed by atoms with van der Waals surface area (Å²) in [5, 5.41) is 11.4. The molecule has 1 heterocycles. The Morgan fingerprint density at radius 1 is 1.11 bits per heavy atom. The zero-order valence-corrected chi connectivity index (χ0v) is 16.6. The maximum atomic E-state index is 14.4. The molecular formula is C24H30FNO2. The highest BCUT2D eigenvalue weighted by Crippen LogP contribution is 2.51. The number of para-hydroxylation sites is 1. The number of rotatable bonds is 5. The summed E-state index contributed by atoms with van der Waals surface area (Å²) in [6, 6.07) is 15.2. The minimum absolute atomic E-state index is 0.0291. The summed E-state index contributed by atoms with van der Waals surface area (Å²) in [5.74, 6) is 0.857. The Morgan fingerprint density at radius 3 is 2.71 bits per heavy atom. The molecule has 0 amide bonds. The van der Waals surface area contributed by atoms with E-state index in [1.54, 1.807) is 6.07 Å². The topological polar surface area (TPSA) is 32.7 Å². The van der Waals surface area contributed by atoms with E-state index in [4.69, 9.17) is 4.74 Å². The molecule has 3 nitrogen and oxygen atoms in total. The summed E-state index contributed by atoms with van der Waals surface area (Å²) in [4.78, 5) is 2.35. The molecule has 2 aromatic carbocycles. The monoisotopic (exact) mass is 383 g/mol. The van der Waals surface area contributed by atoms with Gasteiger partial charge in [0.1, 0.15) is 11.6 Å². The second-order valence-corrected chi connectivity index (χ2v) is 8.18. The number of halogens is 1. The van der Waals surface area contributed by atoms with Crippen LogP contribution in [0.3, 0.4) is 0 Å². The minimum Gasteiger partial charge on any atom is -0.494 e. The first-order valence-electron chi connectivity index (χ1n) is 10.5. The van der Waals surface area contributed by atoms with Crippen LogP contribution in [0.4, 0.5) is 4.39 Å². The lowest BCUT2D eigenvalue weighted by Crippen LogP contribution is -2.54. The zero-order valence-electron chi connectivity index (χ0n) is 16.6. The van der Waals surface area contributed by atoms with Gasteiger partial charge in [-0.05, 0) is 38.3 Å². The van der Waals surface area contributed by atoms with E-state index >= 15 is 0 Å². The lowest BCUT2D eigenvalue weighted by molar-refractivity contribution is -0.126. The fourth-order valence-corrected chi connectivity index (χ4v) is 5.19. The van der Waals surface area contributed by atoms with E-state index in [0.29, 0.717) is 18.7 Å². The van der Waals surface area contributed by atoms with Gasteiger partial charge in [-0.15, -0.1) is 0 Å². The number of aliphatic hydroxyl groups is 1. The zero-order chi connectivity index (χ0) is 19.6. The third-order valence-corrected chi connectivity index (χ3v) is 6.54. The predicted octanol–water partition coefficient (Wildman–Crippen LogP) is 5.09. The molecule has 0 aromatic heterocycles. The van der Waals surface area contributed by atoms with Crippen LogP contribution >= 0.6 is 0 Å². The van der Waals surface area contributed by atoms with Gasteiger partial charge in [-0.3, -0.25) is 4.90 Å². The van der Waals surface area contributed by atoms with Gasteiger partial charge in [0.15, 0.2) is 0 Å². The molecule has 3 unspecified atom stereocenters. The molecule has 1 N–H and O–H groups in total. The average Bonchev–Trinajstić information content (AvgIpc) is 2.70. The van der Waals surface area contributed by atoms with E-state index in [9.17, 15) is 9.50 Å². The van der Waals surface area contributed by atoms with E-state index in [-0.39, 0.29) is 17.8 Å². The molecule has 1 aliphatic carbocycles. The van der Waals surface area contributed by atoms with Crippen LogP contribution in [-0.4, -0.2) is 28.8 Å². The second-order valence-electron chi connectivity index (χ2n) is 8.18. The number of ether oxygens (including phenoxy) is 1. The van der Waals surface area contributed by atoms with Crippen LogP contribution < -0.4 is 4.74 Å². The van der Waals surface area contributed by atoms with E-state index < -0.39 is 5.60 Å². The van der Waals surface area contributed by atoms with Crippen LogP contribution in [0, 0.1) is 11.7 Å². The van der Waals surface area contributed by atoms with Crippen LogP contribution in [0.1, 0.15) is 56.2 Å². The molecule has 4 rings (SSSR count). The Labute approximate surface area is 167 Å². The van der Waals surface area contributed by atoms with Gasteiger partial charge in [0.25, 0.3) is 0 Å². The fraction of sp³-hybridized carbons (Fsp3) is 0.500. The van der Waals surface area contributed by atoms with Crippen LogP contribution in [0.2, 0.25) is 0 Å². The molecule has 2 aromatic rings. The molecule has 3 atom stereocenters. The molecule has 2 fully saturated rings. The van der Waals surface area contributed by atoms with Crippen molar-refractivity contribution in [3.8, 4) is 5.75 Å². The Bertz CT molecular complexity index is 811. The number of likely N-dealkylation sites (tertiary alicyclic amines) is 1. The first-order valence-corrected chi connectivity index (χ1v) is 10.5. The number of fused-ring (bicyclic) bond motifs is 1. The number of nitrogens with zero attached hydrogens (tertiary/aromatic N) is 1. The SMILES string of the molecule is CCOc1ccccc1C1C2CCCCC2(O)CCN1Cc1ccccc1F. The Morgan fingerprint density at radius 2 is 1.89 bits per heavy atom. The Kier molecular flexibility index (Phi) is 5.70. The van der Waals surface area contributed by atoms with Crippen LogP contribution in [-0.2, 0) is 6.54 Å². The van der Waals surface area contributed by atoms with Gasteiger partial charge < -0.3 is 9.84 Å². The van der Waals surface area contributed by atoms with Gasteiger partial charge in [0.05, 0.1) is 12.2 Å². The van der Waals surface area contributed by atoms with Crippen molar-refractivity contribution < 1.29 is 14.2 Å². The van der Waals surface area contributed by atoms with Crippen molar-refractivity contribution in [2.24, 2.45) is 5.92 Å². The number of piperidine rings is 1. The van der Waals surface area contributed by atoms with Crippen LogP contribution in [0.15, 0.2) is 48.5 Å². The Balaban J connectivity index is 1.74. The fourth-order valence-electron chi connectivity index (χ4n) is 5.19. The second kappa shape index (κ2) is 8.22. The summed E-state index contributed by atoms with van der Waals surface area (Å²) in [5.41, 5.74) is 1.20. The molecule has 1 saturated carbocycles. The quantitative estimate of drug-likeness (QED) is 0.780. The van der Waals surface area contributed by atoms with Gasteiger partial charge in [0.2, 0.25) is 0 Å². The smallest absolute Gasteiger partial charge is 0.127 e. The summed E-state index contributed by atoms with van der Waals surface area (Å²) in [7, 11) is 0. The molecule has 1 saturated heterocycles. The molecule has 0 spiro atoms. The predicted molar refractivity (Wildman–Crippen MR) is 109 cm³/mol. The third-order valence-electron chi connectivity index (χ3n) is 6.54. The first-order chi connectivity index (χ1) is 13.6. The van der Waals surface area contributed by atoms with Gasteiger partial charge in [-0.1, -0.05) is 49.2 Å². The number of benzene rings is 2. The number of hydrogen-bond donors (Lipinski definition) is 1. The maximum Gasteiger partial charge on any atom is 0.127 e. The standard InChI is InChI=1S/C24H30FNO2/c1-2-28-22-13-6-4-10-19(22)23-20-11-7-8-14-24(20,27)15-16-26(23)17-18-9-3-5-12-21(18)25/h3-6,9-10,12-13,20,23,27H,2,7-8,11,14-17H2,1H3. The van der Waals surface area contributed by atoms with E-state index in [1.807, 2.05) is 37.3 Å². The number of hydrogen-bond acceptors (Lipinski definition) is 3. The summed E-state index contributed by atoms with van der Waals surface area (Å²) in [6.07, 6.45) is 4.82. The van der Waals surface area contributed by atoms with Crippen molar-refractivity contribution in [2.75, 3.05) is 13.2 Å². The molecule has 0 bridgehead atoms. The van der Waals surface area contributed by atoms with Crippen molar-refractivity contribution in [3.63, 3.8) is 0 Å². The maximum absolute atomic E-state index is 14.4. The highest BCUT2D eigenvalue weighted by Gasteiger charge is 2.49.